The average Bonchev–Trinajstić information content (AvgIpc) is 3.02. The first kappa shape index (κ1) is 16.9. The van der Waals surface area contributed by atoms with Crippen LogP contribution in [0, 0.1) is 0 Å². The van der Waals surface area contributed by atoms with E-state index in [9.17, 15) is 13.2 Å². The summed E-state index contributed by atoms with van der Waals surface area (Å²) < 4.78 is 50.5. The molecule has 0 spiro atoms. The second-order valence-corrected chi connectivity index (χ2v) is 6.58. The molecule has 3 heterocycles. The van der Waals surface area contributed by atoms with E-state index in [1.807, 2.05) is 27.7 Å². The first-order valence-electron chi connectivity index (χ1n) is 7.29. The zero-order valence-electron chi connectivity index (χ0n) is 13.6. The van der Waals surface area contributed by atoms with Crippen LogP contribution in [0.5, 0.6) is 0 Å². The monoisotopic (exact) mass is 340 g/mol. The van der Waals surface area contributed by atoms with Crippen LogP contribution in [0.4, 0.5) is 13.2 Å². The van der Waals surface area contributed by atoms with Crippen molar-refractivity contribution in [3.05, 3.63) is 30.4 Å². The van der Waals surface area contributed by atoms with Gasteiger partial charge < -0.3 is 9.31 Å². The first-order chi connectivity index (χ1) is 11.0. The molecule has 10 heteroatoms. The van der Waals surface area contributed by atoms with Gasteiger partial charge in [-0.1, -0.05) is 0 Å². The highest BCUT2D eigenvalue weighted by Crippen LogP contribution is 2.36. The highest BCUT2D eigenvalue weighted by Gasteiger charge is 2.52. The number of halogens is 3. The molecule has 0 radical (unpaired) electrons. The molecule has 1 aliphatic heterocycles. The lowest BCUT2D eigenvalue weighted by Crippen LogP contribution is -2.41. The fourth-order valence-electron chi connectivity index (χ4n) is 2.13. The number of hydrogen-bond acceptors (Lipinski definition) is 5. The van der Waals surface area contributed by atoms with Crippen LogP contribution in [0.15, 0.2) is 24.8 Å². The molecular weight excluding hydrogens is 324 g/mol. The summed E-state index contributed by atoms with van der Waals surface area (Å²) in [6.07, 6.45) is 0.0228. The van der Waals surface area contributed by atoms with Crippen molar-refractivity contribution in [1.29, 1.82) is 0 Å². The van der Waals surface area contributed by atoms with Crippen LogP contribution in [0.1, 0.15) is 33.3 Å². The Morgan fingerprint density at radius 2 is 1.54 bits per heavy atom. The van der Waals surface area contributed by atoms with Gasteiger partial charge in [-0.2, -0.15) is 18.3 Å². The minimum absolute atomic E-state index is 0.0331. The third-order valence-electron chi connectivity index (χ3n) is 4.30. The lowest BCUT2D eigenvalue weighted by atomic mass is 9.81. The molecule has 0 bridgehead atoms. The fraction of sp³-hybridized carbons (Fsp3) is 0.500. The standard InChI is InChI=1S/C14H16BF3N4O2/c1-12(2)13(3,4)24-15(23-12)10-6-19-11(20-7-10)22-8-9(5-21-22)14(16,17)18/h5-8H,1-4H3. The highest BCUT2D eigenvalue weighted by atomic mass is 19.4. The van der Waals surface area contributed by atoms with Crippen molar-refractivity contribution in [3.63, 3.8) is 0 Å². The van der Waals surface area contributed by atoms with Crippen LogP contribution in [0.2, 0.25) is 0 Å². The largest absolute Gasteiger partial charge is 0.498 e. The summed E-state index contributed by atoms with van der Waals surface area (Å²) in [5, 5.41) is 3.64. The molecule has 0 aliphatic carbocycles. The highest BCUT2D eigenvalue weighted by molar-refractivity contribution is 6.61. The maximum Gasteiger partial charge on any atom is 0.498 e. The molecule has 1 saturated heterocycles. The Bertz CT molecular complexity index is 727. The zero-order chi connectivity index (χ0) is 17.8. The summed E-state index contributed by atoms with van der Waals surface area (Å²) >= 11 is 0. The van der Waals surface area contributed by atoms with Crippen molar-refractivity contribution in [3.8, 4) is 5.95 Å². The van der Waals surface area contributed by atoms with Crippen LogP contribution < -0.4 is 5.46 Å². The SMILES string of the molecule is CC1(C)OB(c2cnc(-n3cc(C(F)(F)F)cn3)nc2)OC1(C)C. The van der Waals surface area contributed by atoms with Gasteiger partial charge in [-0.05, 0) is 27.7 Å². The van der Waals surface area contributed by atoms with Gasteiger partial charge in [0, 0.05) is 24.1 Å². The third-order valence-corrected chi connectivity index (χ3v) is 4.30. The lowest BCUT2D eigenvalue weighted by Gasteiger charge is -2.32. The van der Waals surface area contributed by atoms with Crippen molar-refractivity contribution in [1.82, 2.24) is 19.7 Å². The molecule has 1 fully saturated rings. The molecule has 0 amide bonds. The predicted molar refractivity (Wildman–Crippen MR) is 79.9 cm³/mol. The topological polar surface area (TPSA) is 62.1 Å². The van der Waals surface area contributed by atoms with Crippen molar-refractivity contribution in [2.24, 2.45) is 0 Å². The molecule has 0 unspecified atom stereocenters. The summed E-state index contributed by atoms with van der Waals surface area (Å²) in [6.45, 7) is 7.69. The van der Waals surface area contributed by atoms with Gasteiger partial charge in [-0.25, -0.2) is 14.6 Å². The summed E-state index contributed by atoms with van der Waals surface area (Å²) in [5.41, 5.74) is -1.28. The molecule has 3 rings (SSSR count). The second kappa shape index (κ2) is 5.28. The smallest absolute Gasteiger partial charge is 0.399 e. The molecule has 24 heavy (non-hydrogen) atoms. The van der Waals surface area contributed by atoms with Crippen LogP contribution >= 0.6 is 0 Å². The number of alkyl halides is 3. The number of hydrogen-bond donors (Lipinski definition) is 0. The summed E-state index contributed by atoms with van der Waals surface area (Å²) in [4.78, 5) is 8.09. The molecule has 2 aromatic rings. The van der Waals surface area contributed by atoms with Crippen LogP contribution in [0.3, 0.4) is 0 Å². The number of rotatable bonds is 2. The minimum atomic E-state index is -4.46. The minimum Gasteiger partial charge on any atom is -0.399 e. The van der Waals surface area contributed by atoms with Gasteiger partial charge in [0.1, 0.15) is 0 Å². The van der Waals surface area contributed by atoms with Gasteiger partial charge in [0.05, 0.1) is 23.0 Å². The molecule has 2 aromatic heterocycles. The molecule has 0 saturated carbocycles. The van der Waals surface area contributed by atoms with E-state index < -0.39 is 30.1 Å². The molecule has 6 nitrogen and oxygen atoms in total. The van der Waals surface area contributed by atoms with E-state index in [0.717, 1.165) is 17.1 Å². The molecule has 0 aromatic carbocycles. The van der Waals surface area contributed by atoms with E-state index in [-0.39, 0.29) is 5.95 Å². The summed E-state index contributed by atoms with van der Waals surface area (Å²) in [7, 11) is -0.632. The van der Waals surface area contributed by atoms with E-state index in [1.165, 1.54) is 12.4 Å². The van der Waals surface area contributed by atoms with E-state index in [2.05, 4.69) is 15.1 Å². The van der Waals surface area contributed by atoms with Crippen molar-refractivity contribution in [2.45, 2.75) is 45.1 Å². The van der Waals surface area contributed by atoms with Crippen LogP contribution in [-0.2, 0) is 15.5 Å². The first-order valence-corrected chi connectivity index (χ1v) is 7.29. The van der Waals surface area contributed by atoms with E-state index in [4.69, 9.17) is 9.31 Å². The Labute approximate surface area is 137 Å². The third kappa shape index (κ3) is 2.91. The molecule has 0 N–H and O–H groups in total. The predicted octanol–water partition coefficient (Wildman–Crippen LogP) is 1.98. The van der Waals surface area contributed by atoms with Gasteiger partial charge in [0.15, 0.2) is 0 Å². The summed E-state index contributed by atoms with van der Waals surface area (Å²) in [5.74, 6) is 0.0331. The number of nitrogens with zero attached hydrogens (tertiary/aromatic N) is 4. The van der Waals surface area contributed by atoms with E-state index >= 15 is 0 Å². The Kier molecular flexibility index (Phi) is 3.72. The Morgan fingerprint density at radius 3 is 2.00 bits per heavy atom. The van der Waals surface area contributed by atoms with Gasteiger partial charge in [0.2, 0.25) is 5.95 Å². The van der Waals surface area contributed by atoms with Crippen molar-refractivity contribution in [2.75, 3.05) is 0 Å². The molecule has 1 aliphatic rings. The van der Waals surface area contributed by atoms with Crippen LogP contribution in [-0.4, -0.2) is 38.1 Å². The Hall–Kier alpha value is -1.94. The lowest BCUT2D eigenvalue weighted by molar-refractivity contribution is -0.137. The second-order valence-electron chi connectivity index (χ2n) is 6.58. The zero-order valence-corrected chi connectivity index (χ0v) is 13.6. The maximum absolute atomic E-state index is 12.6. The van der Waals surface area contributed by atoms with Gasteiger partial charge in [0.25, 0.3) is 0 Å². The molecular formula is C14H16BF3N4O2. The fourth-order valence-corrected chi connectivity index (χ4v) is 2.13. The van der Waals surface area contributed by atoms with E-state index in [0.29, 0.717) is 5.46 Å². The van der Waals surface area contributed by atoms with E-state index in [1.54, 1.807) is 0 Å². The quantitative estimate of drug-likeness (QED) is 0.783. The summed E-state index contributed by atoms with van der Waals surface area (Å²) in [6, 6.07) is 0. The Morgan fingerprint density at radius 1 is 1.00 bits per heavy atom. The average molecular weight is 340 g/mol. The van der Waals surface area contributed by atoms with Gasteiger partial charge >= 0.3 is 13.3 Å². The molecule has 128 valence electrons. The van der Waals surface area contributed by atoms with Gasteiger partial charge in [-0.3, -0.25) is 0 Å². The molecule has 0 atom stereocenters. The van der Waals surface area contributed by atoms with Crippen LogP contribution in [0.25, 0.3) is 5.95 Å². The van der Waals surface area contributed by atoms with Crippen molar-refractivity contribution < 1.29 is 22.5 Å². The normalized spacial score (nSPS) is 19.7. The van der Waals surface area contributed by atoms with Gasteiger partial charge in [-0.15, -0.1) is 0 Å². The Balaban J connectivity index is 1.81. The van der Waals surface area contributed by atoms with Crippen molar-refractivity contribution >= 4 is 12.6 Å². The maximum atomic E-state index is 12.6. The number of aromatic nitrogens is 4.